The first-order chi connectivity index (χ1) is 15.7. The Bertz CT molecular complexity index is 1140. The lowest BCUT2D eigenvalue weighted by atomic mass is 10.1. The Balaban J connectivity index is 1.51. The van der Waals surface area contributed by atoms with E-state index >= 15 is 0 Å². The molecule has 5 heteroatoms. The number of hydrazone groups is 1. The average Bonchev–Trinajstić information content (AvgIpc) is 3.10. The summed E-state index contributed by atoms with van der Waals surface area (Å²) in [6.07, 6.45) is 2.66. The molecule has 0 aromatic heterocycles. The van der Waals surface area contributed by atoms with Gasteiger partial charge >= 0.3 is 0 Å². The van der Waals surface area contributed by atoms with Gasteiger partial charge in [0, 0.05) is 6.42 Å². The average molecular weight is 427 g/mol. The van der Waals surface area contributed by atoms with Crippen LogP contribution in [0.15, 0.2) is 89.5 Å². The zero-order valence-corrected chi connectivity index (χ0v) is 18.3. The van der Waals surface area contributed by atoms with Crippen molar-refractivity contribution in [3.63, 3.8) is 0 Å². The Morgan fingerprint density at radius 1 is 0.906 bits per heavy atom. The molecular formula is C27H26N2O3. The zero-order chi connectivity index (χ0) is 22.3. The first kappa shape index (κ1) is 21.4. The van der Waals surface area contributed by atoms with Gasteiger partial charge in [0.2, 0.25) is 0 Å². The summed E-state index contributed by atoms with van der Waals surface area (Å²) in [5, 5.41) is 5.88. The molecule has 0 aliphatic carbocycles. The van der Waals surface area contributed by atoms with Crippen molar-refractivity contribution in [3.8, 4) is 11.5 Å². The quantitative estimate of drug-likeness (QED) is 0.446. The zero-order valence-electron chi connectivity index (χ0n) is 18.3. The molecule has 0 fully saturated rings. The van der Waals surface area contributed by atoms with Crippen LogP contribution in [0.25, 0.3) is 6.08 Å². The van der Waals surface area contributed by atoms with Gasteiger partial charge in [-0.05, 0) is 55.3 Å². The molecule has 0 spiro atoms. The van der Waals surface area contributed by atoms with Crippen molar-refractivity contribution in [2.75, 3.05) is 18.2 Å². The second-order valence-corrected chi connectivity index (χ2v) is 7.42. The van der Waals surface area contributed by atoms with Crippen molar-refractivity contribution in [3.05, 3.63) is 95.6 Å². The number of hydrogen-bond donors (Lipinski definition) is 0. The van der Waals surface area contributed by atoms with E-state index in [-0.39, 0.29) is 5.91 Å². The topological polar surface area (TPSA) is 51.1 Å². The smallest absolute Gasteiger partial charge is 0.280 e. The predicted molar refractivity (Wildman–Crippen MR) is 128 cm³/mol. The van der Waals surface area contributed by atoms with Crippen LogP contribution in [-0.4, -0.2) is 24.8 Å². The second kappa shape index (κ2) is 9.96. The summed E-state index contributed by atoms with van der Waals surface area (Å²) in [4.78, 5) is 13.0. The number of anilines is 1. The molecule has 162 valence electrons. The van der Waals surface area contributed by atoms with Gasteiger partial charge < -0.3 is 9.47 Å². The molecule has 3 aromatic rings. The maximum atomic E-state index is 13.0. The van der Waals surface area contributed by atoms with Gasteiger partial charge in [-0.25, -0.2) is 0 Å². The summed E-state index contributed by atoms with van der Waals surface area (Å²) in [5.74, 6) is 1.21. The van der Waals surface area contributed by atoms with E-state index in [1.807, 2.05) is 86.7 Å². The number of nitrogens with zero attached hydrogens (tertiary/aromatic N) is 2. The minimum absolute atomic E-state index is 0.144. The van der Waals surface area contributed by atoms with Crippen LogP contribution in [0, 0.1) is 0 Å². The number of ether oxygens (including phenoxy) is 2. The lowest BCUT2D eigenvalue weighted by Gasteiger charge is -2.13. The third kappa shape index (κ3) is 4.89. The third-order valence-corrected chi connectivity index (χ3v) is 5.13. The molecule has 0 saturated carbocycles. The minimum atomic E-state index is -0.144. The van der Waals surface area contributed by atoms with Gasteiger partial charge in [0.05, 0.1) is 30.2 Å². The fourth-order valence-electron chi connectivity index (χ4n) is 3.52. The minimum Gasteiger partial charge on any atom is -0.490 e. The van der Waals surface area contributed by atoms with Crippen molar-refractivity contribution in [1.82, 2.24) is 0 Å². The molecule has 32 heavy (non-hydrogen) atoms. The van der Waals surface area contributed by atoms with E-state index in [0.717, 1.165) is 17.7 Å². The van der Waals surface area contributed by atoms with Gasteiger partial charge in [0.1, 0.15) is 0 Å². The van der Waals surface area contributed by atoms with Crippen LogP contribution in [0.3, 0.4) is 0 Å². The molecule has 5 nitrogen and oxygen atoms in total. The maximum Gasteiger partial charge on any atom is 0.280 e. The van der Waals surface area contributed by atoms with Crippen LogP contribution in [-0.2, 0) is 11.2 Å². The Labute approximate surface area is 188 Å². The van der Waals surface area contributed by atoms with Crippen LogP contribution >= 0.6 is 0 Å². The summed E-state index contributed by atoms with van der Waals surface area (Å²) in [7, 11) is 0. The Morgan fingerprint density at radius 3 is 2.34 bits per heavy atom. The fraction of sp³-hybridized carbons (Fsp3) is 0.185. The number of benzene rings is 3. The second-order valence-electron chi connectivity index (χ2n) is 7.42. The molecule has 0 radical (unpaired) electrons. The van der Waals surface area contributed by atoms with Crippen molar-refractivity contribution < 1.29 is 14.3 Å². The lowest BCUT2D eigenvalue weighted by Crippen LogP contribution is -2.21. The molecular weight excluding hydrogens is 400 g/mol. The summed E-state index contributed by atoms with van der Waals surface area (Å²) in [6, 6.07) is 25.4. The van der Waals surface area contributed by atoms with Crippen LogP contribution in [0.2, 0.25) is 0 Å². The van der Waals surface area contributed by atoms with E-state index in [1.165, 1.54) is 10.6 Å². The van der Waals surface area contributed by atoms with Crippen LogP contribution in [0.4, 0.5) is 5.69 Å². The molecule has 0 atom stereocenters. The highest BCUT2D eigenvalue weighted by Gasteiger charge is 2.28. The first-order valence-electron chi connectivity index (χ1n) is 10.8. The van der Waals surface area contributed by atoms with Crippen molar-refractivity contribution >= 4 is 23.4 Å². The Hall–Kier alpha value is -3.86. The van der Waals surface area contributed by atoms with E-state index in [9.17, 15) is 4.79 Å². The molecule has 0 saturated heterocycles. The van der Waals surface area contributed by atoms with Gasteiger partial charge in [0.25, 0.3) is 5.91 Å². The van der Waals surface area contributed by atoms with Gasteiger partial charge in [-0.1, -0.05) is 54.6 Å². The van der Waals surface area contributed by atoms with Crippen molar-refractivity contribution in [2.45, 2.75) is 20.3 Å². The Morgan fingerprint density at radius 2 is 1.62 bits per heavy atom. The number of carbonyl (C=O) groups is 1. The van der Waals surface area contributed by atoms with Crippen molar-refractivity contribution in [2.24, 2.45) is 5.10 Å². The first-order valence-corrected chi connectivity index (χ1v) is 10.8. The van der Waals surface area contributed by atoms with E-state index in [2.05, 4.69) is 17.2 Å². The summed E-state index contributed by atoms with van der Waals surface area (Å²) in [6.45, 7) is 4.86. The number of rotatable bonds is 8. The van der Waals surface area contributed by atoms with Gasteiger partial charge in [-0.15, -0.1) is 0 Å². The van der Waals surface area contributed by atoms with Crippen LogP contribution < -0.4 is 14.5 Å². The van der Waals surface area contributed by atoms with E-state index in [1.54, 1.807) is 0 Å². The van der Waals surface area contributed by atoms with Crippen LogP contribution in [0.5, 0.6) is 11.5 Å². The molecule has 0 N–H and O–H groups in total. The number of amides is 1. The van der Waals surface area contributed by atoms with Crippen molar-refractivity contribution in [1.29, 1.82) is 0 Å². The lowest BCUT2D eigenvalue weighted by molar-refractivity contribution is -0.114. The van der Waals surface area contributed by atoms with E-state index in [0.29, 0.717) is 36.0 Å². The third-order valence-electron chi connectivity index (χ3n) is 5.13. The highest BCUT2D eigenvalue weighted by molar-refractivity contribution is 6.32. The summed E-state index contributed by atoms with van der Waals surface area (Å²) in [5.41, 5.74) is 4.08. The maximum absolute atomic E-state index is 13.0. The molecule has 1 aliphatic rings. The standard InChI is InChI=1S/C27H26N2O3/c1-3-31-26-19-22(14-15-25(26)32-17-16-21-10-6-4-7-11-21)18-24-20(2)28-29(27(24)30)23-12-8-5-9-13-23/h4-15,18-19H,3,16-17H2,1-2H3/b24-18-. The van der Waals surface area contributed by atoms with Gasteiger partial charge in [-0.3, -0.25) is 4.79 Å². The number of carbonyl (C=O) groups excluding carboxylic acids is 1. The molecule has 3 aromatic carbocycles. The number of hydrogen-bond acceptors (Lipinski definition) is 4. The van der Waals surface area contributed by atoms with E-state index < -0.39 is 0 Å². The molecule has 1 heterocycles. The van der Waals surface area contributed by atoms with Gasteiger partial charge in [0.15, 0.2) is 11.5 Å². The molecule has 1 amide bonds. The molecule has 0 unspecified atom stereocenters. The highest BCUT2D eigenvalue weighted by atomic mass is 16.5. The Kier molecular flexibility index (Phi) is 6.66. The summed E-state index contributed by atoms with van der Waals surface area (Å²) >= 11 is 0. The molecule has 1 aliphatic heterocycles. The monoisotopic (exact) mass is 426 g/mol. The van der Waals surface area contributed by atoms with Gasteiger partial charge in [-0.2, -0.15) is 10.1 Å². The normalized spacial score (nSPS) is 14.6. The number of para-hydroxylation sites is 1. The molecule has 4 rings (SSSR count). The predicted octanol–water partition coefficient (Wildman–Crippen LogP) is 5.51. The molecule has 0 bridgehead atoms. The highest BCUT2D eigenvalue weighted by Crippen LogP contribution is 2.31. The van der Waals surface area contributed by atoms with Crippen LogP contribution in [0.1, 0.15) is 25.0 Å². The largest absolute Gasteiger partial charge is 0.490 e. The summed E-state index contributed by atoms with van der Waals surface area (Å²) < 4.78 is 11.8. The SMILES string of the molecule is CCOc1cc(/C=C2\C(=O)N(c3ccccc3)N=C2C)ccc1OCCc1ccccc1. The van der Waals surface area contributed by atoms with E-state index in [4.69, 9.17) is 9.47 Å². The fourth-order valence-corrected chi connectivity index (χ4v) is 3.52.